The van der Waals surface area contributed by atoms with Crippen LogP contribution in [0, 0.1) is 11.3 Å². The third-order valence-electron chi connectivity index (χ3n) is 5.99. The lowest BCUT2D eigenvalue weighted by Gasteiger charge is -2.36. The van der Waals surface area contributed by atoms with Gasteiger partial charge in [0.05, 0.1) is 24.8 Å². The van der Waals surface area contributed by atoms with Gasteiger partial charge in [0.15, 0.2) is 16.6 Å². The summed E-state index contributed by atoms with van der Waals surface area (Å²) in [6, 6.07) is 8.27. The molecule has 0 aliphatic heterocycles. The van der Waals surface area contributed by atoms with Gasteiger partial charge in [0, 0.05) is 0 Å². The molecule has 5 heteroatoms. The summed E-state index contributed by atoms with van der Waals surface area (Å²) < 4.78 is 12.7. The summed E-state index contributed by atoms with van der Waals surface area (Å²) >= 11 is 0. The predicted octanol–water partition coefficient (Wildman–Crippen LogP) is 6.60. The minimum atomic E-state index is -1.81. The van der Waals surface area contributed by atoms with E-state index in [0.29, 0.717) is 18.8 Å². The Hall–Kier alpha value is -0.936. The first kappa shape index (κ1) is 23.1. The quantitative estimate of drug-likeness (QED) is 0.513. The maximum atomic E-state index is 9.39. The van der Waals surface area contributed by atoms with Gasteiger partial charge in [-0.25, -0.2) is 0 Å². The average Bonchev–Trinajstić information content (AvgIpc) is 2.48. The molecule has 0 radical (unpaired) electrons. The zero-order chi connectivity index (χ0) is 20.4. The summed E-state index contributed by atoms with van der Waals surface area (Å²) in [7, 11) is -3.63. The van der Waals surface area contributed by atoms with E-state index in [2.05, 4.69) is 79.9 Å². The molecule has 0 bridgehead atoms. The van der Waals surface area contributed by atoms with Gasteiger partial charge < -0.3 is 8.85 Å². The molecular weight excluding hydrogens is 354 g/mol. The van der Waals surface area contributed by atoms with Crippen LogP contribution < -0.4 is 0 Å². The van der Waals surface area contributed by atoms with E-state index in [9.17, 15) is 5.26 Å². The van der Waals surface area contributed by atoms with Crippen LogP contribution in [-0.4, -0.2) is 16.6 Å². The van der Waals surface area contributed by atoms with E-state index < -0.39 is 16.6 Å². The van der Waals surface area contributed by atoms with Crippen LogP contribution in [0.25, 0.3) is 0 Å². The van der Waals surface area contributed by atoms with Crippen molar-refractivity contribution in [3.05, 3.63) is 34.9 Å². The number of rotatable bonds is 6. The monoisotopic (exact) mass is 391 g/mol. The van der Waals surface area contributed by atoms with Crippen molar-refractivity contribution in [1.82, 2.24) is 0 Å². The maximum absolute atomic E-state index is 9.39. The van der Waals surface area contributed by atoms with Crippen LogP contribution in [0.4, 0.5) is 0 Å². The van der Waals surface area contributed by atoms with Crippen molar-refractivity contribution >= 4 is 16.6 Å². The van der Waals surface area contributed by atoms with E-state index in [0.717, 1.165) is 11.1 Å². The van der Waals surface area contributed by atoms with Gasteiger partial charge in [-0.3, -0.25) is 0 Å². The molecule has 0 aliphatic carbocycles. The highest BCUT2D eigenvalue weighted by Crippen LogP contribution is 2.38. The molecule has 1 aromatic rings. The van der Waals surface area contributed by atoms with Crippen molar-refractivity contribution in [2.75, 3.05) is 0 Å². The Morgan fingerprint density at radius 3 is 1.38 bits per heavy atom. The van der Waals surface area contributed by atoms with Crippen molar-refractivity contribution in [3.63, 3.8) is 0 Å². The molecule has 0 fully saturated rings. The molecule has 0 saturated heterocycles. The van der Waals surface area contributed by atoms with Crippen LogP contribution in [0.3, 0.4) is 0 Å². The summed E-state index contributed by atoms with van der Waals surface area (Å²) in [5, 5.41) is 9.74. The number of nitrogens with zero attached hydrogens (tertiary/aromatic N) is 1. The highest BCUT2D eigenvalue weighted by molar-refractivity contribution is 6.74. The molecule has 1 rings (SSSR count). The zero-order valence-corrected chi connectivity index (χ0v) is 20.4. The Labute approximate surface area is 163 Å². The molecule has 0 aromatic heterocycles. The molecule has 0 aliphatic rings. The van der Waals surface area contributed by atoms with Gasteiger partial charge in [0.25, 0.3) is 0 Å². The van der Waals surface area contributed by atoms with Gasteiger partial charge in [0.2, 0.25) is 0 Å². The summed E-state index contributed by atoms with van der Waals surface area (Å²) in [5.41, 5.74) is 2.79. The molecule has 3 nitrogen and oxygen atoms in total. The number of hydrogen-bond donors (Lipinski definition) is 0. The number of hydrogen-bond acceptors (Lipinski definition) is 3. The number of benzene rings is 1. The van der Waals surface area contributed by atoms with Gasteiger partial charge >= 0.3 is 0 Å². The summed E-state index contributed by atoms with van der Waals surface area (Å²) in [5.74, 6) is 0. The Morgan fingerprint density at radius 1 is 0.769 bits per heavy atom. The molecule has 0 saturated carbocycles. The first-order chi connectivity index (χ1) is 11.6. The fourth-order valence-electron chi connectivity index (χ4n) is 1.95. The van der Waals surface area contributed by atoms with Gasteiger partial charge in [-0.15, -0.1) is 0 Å². The molecule has 0 heterocycles. The average molecular weight is 392 g/mol. The first-order valence-corrected chi connectivity index (χ1v) is 15.2. The molecule has 0 amide bonds. The largest absolute Gasteiger partial charge is 0.413 e. The van der Waals surface area contributed by atoms with Gasteiger partial charge in [0.1, 0.15) is 0 Å². The maximum Gasteiger partial charge on any atom is 0.192 e. The van der Waals surface area contributed by atoms with Crippen LogP contribution in [0.5, 0.6) is 0 Å². The Balaban J connectivity index is 2.95. The SMILES string of the molecule is CC(C)(C)[Si](C)(C)OCc1cc(C#N)cc(CO[Si](C)(C)C(C)(C)C)c1. The highest BCUT2D eigenvalue weighted by Gasteiger charge is 2.38. The topological polar surface area (TPSA) is 42.2 Å². The second-order valence-corrected chi connectivity index (χ2v) is 19.9. The molecule has 146 valence electrons. The van der Waals surface area contributed by atoms with E-state index in [1.807, 2.05) is 12.1 Å². The van der Waals surface area contributed by atoms with E-state index in [1.165, 1.54) is 0 Å². The summed E-state index contributed by atoms with van der Waals surface area (Å²) in [4.78, 5) is 0. The second kappa shape index (κ2) is 7.97. The fraction of sp³-hybridized carbons (Fsp3) is 0.667. The highest BCUT2D eigenvalue weighted by atomic mass is 28.4. The smallest absolute Gasteiger partial charge is 0.192 e. The van der Waals surface area contributed by atoms with Crippen molar-refractivity contribution in [2.45, 2.75) is 91.0 Å². The van der Waals surface area contributed by atoms with Crippen LogP contribution in [0.15, 0.2) is 18.2 Å². The summed E-state index contributed by atoms with van der Waals surface area (Å²) in [6.45, 7) is 23.6. The Bertz CT molecular complexity index is 614. The van der Waals surface area contributed by atoms with Gasteiger partial charge in [-0.2, -0.15) is 5.26 Å². The van der Waals surface area contributed by atoms with E-state index in [1.54, 1.807) is 0 Å². The van der Waals surface area contributed by atoms with Crippen LogP contribution in [-0.2, 0) is 22.1 Å². The fourth-order valence-corrected chi connectivity index (χ4v) is 3.88. The van der Waals surface area contributed by atoms with Gasteiger partial charge in [-0.05, 0) is 59.5 Å². The lowest BCUT2D eigenvalue weighted by Crippen LogP contribution is -2.40. The lowest BCUT2D eigenvalue weighted by molar-refractivity contribution is 0.270. The normalized spacial score (nSPS) is 13.6. The first-order valence-electron chi connectivity index (χ1n) is 9.40. The Morgan fingerprint density at radius 2 is 1.12 bits per heavy atom. The third-order valence-corrected chi connectivity index (χ3v) is 15.0. The van der Waals surface area contributed by atoms with Crippen molar-refractivity contribution in [3.8, 4) is 6.07 Å². The molecule has 0 unspecified atom stereocenters. The zero-order valence-electron chi connectivity index (χ0n) is 18.4. The van der Waals surface area contributed by atoms with Crippen molar-refractivity contribution in [1.29, 1.82) is 5.26 Å². The standard InChI is InChI=1S/C21H37NO2Si2/c1-20(2,3)25(7,8)23-15-18-11-17(14-22)12-19(13-18)16-24-26(9,10)21(4,5)6/h11-13H,15-16H2,1-10H3. The minimum Gasteiger partial charge on any atom is -0.413 e. The van der Waals surface area contributed by atoms with E-state index >= 15 is 0 Å². The minimum absolute atomic E-state index is 0.175. The van der Waals surface area contributed by atoms with Crippen molar-refractivity contribution < 1.29 is 8.85 Å². The van der Waals surface area contributed by atoms with Crippen LogP contribution in [0.2, 0.25) is 36.3 Å². The molecular formula is C21H37NO2Si2. The van der Waals surface area contributed by atoms with Crippen LogP contribution >= 0.6 is 0 Å². The number of nitriles is 1. The van der Waals surface area contributed by atoms with E-state index in [4.69, 9.17) is 8.85 Å². The lowest BCUT2D eigenvalue weighted by atomic mass is 10.1. The summed E-state index contributed by atoms with van der Waals surface area (Å²) in [6.07, 6.45) is 0. The third kappa shape index (κ3) is 6.05. The molecule has 0 atom stereocenters. The Kier molecular flexibility index (Phi) is 7.09. The van der Waals surface area contributed by atoms with Crippen LogP contribution in [0.1, 0.15) is 58.2 Å². The molecule has 26 heavy (non-hydrogen) atoms. The van der Waals surface area contributed by atoms with E-state index in [-0.39, 0.29) is 10.1 Å². The van der Waals surface area contributed by atoms with Crippen molar-refractivity contribution in [2.24, 2.45) is 0 Å². The second-order valence-electron chi connectivity index (χ2n) is 10.2. The van der Waals surface area contributed by atoms with Gasteiger partial charge in [-0.1, -0.05) is 47.6 Å². The molecule has 0 N–H and O–H groups in total. The predicted molar refractivity (Wildman–Crippen MR) is 115 cm³/mol. The molecule has 0 spiro atoms. The molecule has 1 aromatic carbocycles.